The molecule has 1 heterocycles. The van der Waals surface area contributed by atoms with E-state index in [2.05, 4.69) is 10.6 Å². The Balaban J connectivity index is 1.11. The van der Waals surface area contributed by atoms with Crippen LogP contribution in [0.25, 0.3) is 0 Å². The van der Waals surface area contributed by atoms with E-state index < -0.39 is 0 Å². The molecule has 1 saturated heterocycles. The highest BCUT2D eigenvalue weighted by atomic mass is 19.1. The van der Waals surface area contributed by atoms with E-state index in [0.717, 1.165) is 19.3 Å². The van der Waals surface area contributed by atoms with Crippen LogP contribution in [0.15, 0.2) is 18.2 Å². The van der Waals surface area contributed by atoms with Gasteiger partial charge in [-0.25, -0.2) is 4.39 Å². The molecule has 0 radical (unpaired) electrons. The topological polar surface area (TPSA) is 70.7 Å². The van der Waals surface area contributed by atoms with Crippen molar-refractivity contribution < 1.29 is 18.7 Å². The fourth-order valence-electron chi connectivity index (χ4n) is 7.29. The van der Waals surface area contributed by atoms with Crippen molar-refractivity contribution in [2.75, 3.05) is 24.5 Å². The molecule has 1 aromatic rings. The minimum Gasteiger partial charge on any atom is -0.372 e. The Labute approximate surface area is 195 Å². The van der Waals surface area contributed by atoms with Crippen molar-refractivity contribution in [1.29, 1.82) is 0 Å². The van der Waals surface area contributed by atoms with Crippen molar-refractivity contribution in [1.82, 2.24) is 10.6 Å². The number of hydrogen-bond donors (Lipinski definition) is 2. The predicted octanol–water partition coefficient (Wildman–Crippen LogP) is 3.39. The van der Waals surface area contributed by atoms with Crippen molar-refractivity contribution in [3.05, 3.63) is 29.6 Å². The van der Waals surface area contributed by atoms with Crippen LogP contribution in [-0.2, 0) is 20.9 Å². The van der Waals surface area contributed by atoms with Crippen LogP contribution in [-0.4, -0.2) is 43.7 Å². The molecule has 4 aliphatic carbocycles. The number of amides is 2. The number of hydrogen-bond acceptors (Lipinski definition) is 4. The van der Waals surface area contributed by atoms with Crippen molar-refractivity contribution in [2.24, 2.45) is 23.2 Å². The summed E-state index contributed by atoms with van der Waals surface area (Å²) in [6.45, 7) is 5.50. The van der Waals surface area contributed by atoms with Gasteiger partial charge in [0.2, 0.25) is 11.8 Å². The lowest BCUT2D eigenvalue weighted by molar-refractivity contribution is -0.147. The first-order valence-electron chi connectivity index (χ1n) is 12.5. The summed E-state index contributed by atoms with van der Waals surface area (Å²) in [4.78, 5) is 27.4. The maximum Gasteiger partial charge on any atom is 0.239 e. The third-order valence-corrected chi connectivity index (χ3v) is 8.19. The smallest absolute Gasteiger partial charge is 0.239 e. The molecule has 2 amide bonds. The van der Waals surface area contributed by atoms with E-state index in [9.17, 15) is 14.0 Å². The summed E-state index contributed by atoms with van der Waals surface area (Å²) in [5.41, 5.74) is 1.02. The third kappa shape index (κ3) is 4.75. The van der Waals surface area contributed by atoms with Gasteiger partial charge in [0.25, 0.3) is 0 Å². The molecule has 0 spiro atoms. The highest BCUT2D eigenvalue weighted by Gasteiger charge is 2.54. The van der Waals surface area contributed by atoms with E-state index in [-0.39, 0.29) is 48.3 Å². The zero-order chi connectivity index (χ0) is 23.2. The number of nitrogens with zero attached hydrogens (tertiary/aromatic N) is 1. The summed E-state index contributed by atoms with van der Waals surface area (Å²) in [5, 5.41) is 5.72. The zero-order valence-electron chi connectivity index (χ0n) is 19.7. The molecule has 7 heteroatoms. The first-order chi connectivity index (χ1) is 15.8. The number of carbonyl (C=O) groups excluding carboxylic acids is 2. The SMILES string of the molecule is CC1CN(c2ccc(CNC(=O)CNC(=O)C34CC5CC(CC(C5)C3)C4)cc2F)CC(C)O1. The second-order valence-corrected chi connectivity index (χ2v) is 11.1. The van der Waals surface area contributed by atoms with Gasteiger partial charge in [-0.15, -0.1) is 0 Å². The quantitative estimate of drug-likeness (QED) is 0.687. The zero-order valence-corrected chi connectivity index (χ0v) is 19.7. The minimum absolute atomic E-state index is 0.0231. The van der Waals surface area contributed by atoms with Crippen molar-refractivity contribution >= 4 is 17.5 Å². The van der Waals surface area contributed by atoms with E-state index in [1.54, 1.807) is 6.07 Å². The predicted molar refractivity (Wildman–Crippen MR) is 124 cm³/mol. The number of rotatable bonds is 6. The van der Waals surface area contributed by atoms with E-state index in [1.807, 2.05) is 24.8 Å². The largest absolute Gasteiger partial charge is 0.372 e. The maximum absolute atomic E-state index is 14.8. The second-order valence-electron chi connectivity index (χ2n) is 11.1. The molecule has 2 N–H and O–H groups in total. The molecule has 4 bridgehead atoms. The maximum atomic E-state index is 14.8. The van der Waals surface area contributed by atoms with Gasteiger partial charge in [0.15, 0.2) is 0 Å². The summed E-state index contributed by atoms with van der Waals surface area (Å²) < 4.78 is 20.5. The number of benzene rings is 1. The Hall–Kier alpha value is -2.15. The Kier molecular flexibility index (Phi) is 6.10. The lowest BCUT2D eigenvalue weighted by Crippen LogP contribution is -2.54. The number of carbonyl (C=O) groups is 2. The Morgan fingerprint density at radius 3 is 2.21 bits per heavy atom. The number of morpholine rings is 1. The van der Waals surface area contributed by atoms with Crippen LogP contribution in [0.5, 0.6) is 0 Å². The van der Waals surface area contributed by atoms with Gasteiger partial charge < -0.3 is 20.3 Å². The highest BCUT2D eigenvalue weighted by molar-refractivity contribution is 5.88. The van der Waals surface area contributed by atoms with Gasteiger partial charge in [0, 0.05) is 25.0 Å². The van der Waals surface area contributed by atoms with E-state index in [1.165, 1.54) is 25.3 Å². The Bertz CT molecular complexity index is 875. The van der Waals surface area contributed by atoms with Crippen molar-refractivity contribution in [3.63, 3.8) is 0 Å². The summed E-state index contributed by atoms with van der Waals surface area (Å²) in [6.07, 6.45) is 6.92. The lowest BCUT2D eigenvalue weighted by atomic mass is 9.49. The highest BCUT2D eigenvalue weighted by Crippen LogP contribution is 2.60. The number of anilines is 1. The molecular weight excluding hydrogens is 421 g/mol. The van der Waals surface area contributed by atoms with Crippen molar-refractivity contribution in [2.45, 2.75) is 71.1 Å². The van der Waals surface area contributed by atoms with Gasteiger partial charge in [-0.1, -0.05) is 6.07 Å². The Morgan fingerprint density at radius 2 is 1.64 bits per heavy atom. The molecule has 33 heavy (non-hydrogen) atoms. The lowest BCUT2D eigenvalue weighted by Gasteiger charge is -2.55. The van der Waals surface area contributed by atoms with Crippen LogP contribution in [0, 0.1) is 29.0 Å². The average molecular weight is 458 g/mol. The van der Waals surface area contributed by atoms with Gasteiger partial charge in [-0.05, 0) is 87.8 Å². The van der Waals surface area contributed by atoms with Crippen LogP contribution in [0.2, 0.25) is 0 Å². The third-order valence-electron chi connectivity index (χ3n) is 8.19. The van der Waals surface area contributed by atoms with E-state index in [4.69, 9.17) is 4.74 Å². The number of nitrogens with one attached hydrogen (secondary N) is 2. The molecule has 4 saturated carbocycles. The summed E-state index contributed by atoms with van der Waals surface area (Å²) in [7, 11) is 0. The van der Waals surface area contributed by atoms with Crippen molar-refractivity contribution in [3.8, 4) is 0 Å². The molecule has 180 valence electrons. The summed E-state index contributed by atoms with van der Waals surface area (Å²) in [6, 6.07) is 5.10. The molecule has 6 rings (SSSR count). The fourth-order valence-corrected chi connectivity index (χ4v) is 7.29. The first kappa shape index (κ1) is 22.6. The van der Waals surface area contributed by atoms with Gasteiger partial charge in [0.05, 0.1) is 24.4 Å². The van der Waals surface area contributed by atoms with Crippen LogP contribution in [0.3, 0.4) is 0 Å². The Morgan fingerprint density at radius 1 is 1.03 bits per heavy atom. The molecule has 5 fully saturated rings. The average Bonchev–Trinajstić information content (AvgIpc) is 2.74. The molecule has 2 atom stereocenters. The molecular formula is C26H36FN3O3. The number of ether oxygens (including phenoxy) is 1. The second kappa shape index (κ2) is 8.90. The molecule has 0 aromatic heterocycles. The van der Waals surface area contributed by atoms with Gasteiger partial charge >= 0.3 is 0 Å². The normalized spacial score (nSPS) is 34.9. The fraction of sp³-hybridized carbons (Fsp3) is 0.692. The monoisotopic (exact) mass is 457 g/mol. The molecule has 1 aromatic carbocycles. The summed E-state index contributed by atoms with van der Waals surface area (Å²) in [5.74, 6) is 1.60. The van der Waals surface area contributed by atoms with Gasteiger partial charge in [-0.3, -0.25) is 9.59 Å². The molecule has 5 aliphatic rings. The number of halogens is 1. The van der Waals surface area contributed by atoms with E-state index in [0.29, 0.717) is 42.1 Å². The first-order valence-corrected chi connectivity index (χ1v) is 12.5. The van der Waals surface area contributed by atoms with Crippen LogP contribution in [0.1, 0.15) is 57.9 Å². The van der Waals surface area contributed by atoms with Gasteiger partial charge in [0.1, 0.15) is 5.82 Å². The van der Waals surface area contributed by atoms with Crippen LogP contribution < -0.4 is 15.5 Å². The molecule has 6 nitrogen and oxygen atoms in total. The van der Waals surface area contributed by atoms with Crippen LogP contribution >= 0.6 is 0 Å². The van der Waals surface area contributed by atoms with E-state index >= 15 is 0 Å². The summed E-state index contributed by atoms with van der Waals surface area (Å²) >= 11 is 0. The molecule has 2 unspecified atom stereocenters. The van der Waals surface area contributed by atoms with Crippen LogP contribution in [0.4, 0.5) is 10.1 Å². The van der Waals surface area contributed by atoms with Gasteiger partial charge in [-0.2, -0.15) is 0 Å². The molecule has 1 aliphatic heterocycles. The minimum atomic E-state index is -0.293. The standard InChI is InChI=1S/C26H36FN3O3/c1-16-14-30(15-17(2)33-16)23-4-3-18(8-22(23)27)12-28-24(31)13-29-25(32)26-9-19-5-20(10-26)7-21(6-19)11-26/h3-4,8,16-17,19-21H,5-7,9-15H2,1-2H3,(H,28,31)(H,29,32).